The first-order valence-corrected chi connectivity index (χ1v) is 14.2. The smallest absolute Gasteiger partial charge is 0.368 e. The van der Waals surface area contributed by atoms with Crippen molar-refractivity contribution in [2.75, 3.05) is 20.6 Å². The number of rotatable bonds is 22. The zero-order valence-electron chi connectivity index (χ0n) is 21.1. The molecule has 0 aliphatic carbocycles. The summed E-state index contributed by atoms with van der Waals surface area (Å²) in [4.78, 5) is 0. The van der Waals surface area contributed by atoms with Gasteiger partial charge >= 0.3 is 7.68 Å². The molecule has 0 aromatic rings. The molecule has 0 aromatic heterocycles. The minimum atomic E-state index is -2.60. The Morgan fingerprint density at radius 2 is 1.06 bits per heavy atom. The summed E-state index contributed by atoms with van der Waals surface area (Å²) in [6.45, 7) is 4.49. The number of unbranched alkanes of at least 4 members (excludes halogenated alkanes) is 15. The molecule has 0 bridgehead atoms. The molecule has 0 saturated carbocycles. The van der Waals surface area contributed by atoms with Gasteiger partial charge in [-0.2, -0.15) is 0 Å². The molecule has 0 rings (SSSR count). The summed E-state index contributed by atoms with van der Waals surface area (Å²) in [5.74, 6) is 0. The van der Waals surface area contributed by atoms with Gasteiger partial charge in [-0.1, -0.05) is 103 Å². The molecule has 0 aromatic carbocycles. The van der Waals surface area contributed by atoms with Crippen LogP contribution in [0.15, 0.2) is 0 Å². The summed E-state index contributed by atoms with van der Waals surface area (Å²) in [6.07, 6.45) is 20.3. The first kappa shape index (κ1) is 30.8. The Labute approximate surface area is 193 Å². The van der Waals surface area contributed by atoms with Crippen LogP contribution in [0.25, 0.3) is 0 Å². The van der Waals surface area contributed by atoms with Crippen LogP contribution in [-0.4, -0.2) is 46.9 Å². The van der Waals surface area contributed by atoms with E-state index in [1.54, 1.807) is 6.92 Å². The highest BCUT2D eigenvalue weighted by atomic mass is 31.1. The van der Waals surface area contributed by atoms with Crippen molar-refractivity contribution < 1.29 is 23.8 Å². The molecule has 0 heterocycles. The second-order valence-electron chi connectivity index (χ2n) is 10.2. The minimum Gasteiger partial charge on any atom is -0.368 e. The van der Waals surface area contributed by atoms with Crippen LogP contribution in [-0.2, 0) is 9.13 Å². The fourth-order valence-electron chi connectivity index (χ4n) is 4.30. The van der Waals surface area contributed by atoms with Crippen LogP contribution in [0.1, 0.15) is 129 Å². The lowest BCUT2D eigenvalue weighted by atomic mass is 10.0. The highest BCUT2D eigenvalue weighted by Gasteiger charge is 2.46. The van der Waals surface area contributed by atoms with Gasteiger partial charge in [0.15, 0.2) is 6.29 Å². The van der Waals surface area contributed by atoms with Crippen molar-refractivity contribution in [3.05, 3.63) is 0 Å². The van der Waals surface area contributed by atoms with Gasteiger partial charge in [-0.15, -0.1) is 0 Å². The van der Waals surface area contributed by atoms with E-state index in [9.17, 15) is 9.13 Å². The van der Waals surface area contributed by atoms with Gasteiger partial charge < -0.3 is 14.7 Å². The molecule has 5 nitrogen and oxygen atoms in total. The van der Waals surface area contributed by atoms with E-state index in [2.05, 4.69) is 6.92 Å². The van der Waals surface area contributed by atoms with E-state index in [-0.39, 0.29) is 10.9 Å². The van der Waals surface area contributed by atoms with Crippen LogP contribution < -0.4 is 0 Å². The van der Waals surface area contributed by atoms with E-state index in [1.165, 1.54) is 89.9 Å². The fourth-order valence-corrected chi connectivity index (χ4v) is 5.18. The predicted molar refractivity (Wildman–Crippen MR) is 131 cm³/mol. The molecular formula is C25H53NO4P+. The van der Waals surface area contributed by atoms with Crippen molar-refractivity contribution in [2.45, 2.75) is 141 Å². The number of nitrogens with zero attached hydrogens (tertiary/aromatic N) is 1. The zero-order valence-corrected chi connectivity index (χ0v) is 22.0. The van der Waals surface area contributed by atoms with Gasteiger partial charge in [0.25, 0.3) is 0 Å². The third-order valence-electron chi connectivity index (χ3n) is 7.15. The summed E-state index contributed by atoms with van der Waals surface area (Å²) in [5.41, 5.74) is 0. The van der Waals surface area contributed by atoms with Crippen LogP contribution in [0.2, 0.25) is 0 Å². The molecule has 0 amide bonds. The third-order valence-corrected chi connectivity index (χ3v) is 8.70. The molecule has 31 heavy (non-hydrogen) atoms. The molecule has 1 atom stereocenters. The maximum absolute atomic E-state index is 12.0. The van der Waals surface area contributed by atoms with E-state index in [0.717, 1.165) is 12.8 Å². The molecule has 0 aliphatic heterocycles. The van der Waals surface area contributed by atoms with Crippen LogP contribution >= 0.6 is 7.68 Å². The van der Waals surface area contributed by atoms with E-state index in [0.29, 0.717) is 13.0 Å². The summed E-state index contributed by atoms with van der Waals surface area (Å²) in [7, 11) is 1.15. The zero-order chi connectivity index (χ0) is 23.6. The highest BCUT2D eigenvalue weighted by Crippen LogP contribution is 2.41. The Bertz CT molecular complexity index is 486. The Hall–Kier alpha value is -0.220. The van der Waals surface area contributed by atoms with Crippen molar-refractivity contribution in [3.8, 4) is 0 Å². The van der Waals surface area contributed by atoms with E-state index < -0.39 is 19.3 Å². The lowest BCUT2D eigenvalue weighted by molar-refractivity contribution is -0.925. The van der Waals surface area contributed by atoms with Crippen LogP contribution in [0.4, 0.5) is 0 Å². The third kappa shape index (κ3) is 14.5. The molecule has 0 spiro atoms. The van der Waals surface area contributed by atoms with Gasteiger partial charge in [-0.05, 0) is 6.42 Å². The number of hydrogen-bond donors (Lipinski definition) is 2. The second kappa shape index (κ2) is 18.2. The molecule has 0 aliphatic rings. The SMILES string of the molecule is CCCCCCCCCCCCCCCCCCC(C)(P(=O)=O)[N+](C)(C)CCC(O)O. The van der Waals surface area contributed by atoms with Gasteiger partial charge in [0.05, 0.1) is 20.6 Å². The normalized spacial score (nSPS) is 14.2. The van der Waals surface area contributed by atoms with E-state index in [4.69, 9.17) is 10.2 Å². The number of quaternary nitrogens is 1. The Morgan fingerprint density at radius 3 is 1.39 bits per heavy atom. The molecule has 6 heteroatoms. The van der Waals surface area contributed by atoms with Crippen molar-refractivity contribution in [1.29, 1.82) is 0 Å². The lowest BCUT2D eigenvalue weighted by Gasteiger charge is -2.42. The first-order chi connectivity index (χ1) is 14.7. The number of aliphatic hydroxyl groups is 2. The van der Waals surface area contributed by atoms with E-state index >= 15 is 0 Å². The van der Waals surface area contributed by atoms with Crippen LogP contribution in [0, 0.1) is 0 Å². The van der Waals surface area contributed by atoms with Crippen LogP contribution in [0.5, 0.6) is 0 Å². The summed E-state index contributed by atoms with van der Waals surface area (Å²) < 4.78 is 24.3. The fraction of sp³-hybridized carbons (Fsp3) is 1.00. The summed E-state index contributed by atoms with van der Waals surface area (Å²) in [6, 6.07) is 0. The topological polar surface area (TPSA) is 74.6 Å². The van der Waals surface area contributed by atoms with Gasteiger partial charge in [-0.3, -0.25) is 0 Å². The monoisotopic (exact) mass is 462 g/mol. The van der Waals surface area contributed by atoms with Crippen molar-refractivity contribution >= 4 is 7.68 Å². The maximum Gasteiger partial charge on any atom is 0.377 e. The second-order valence-corrected chi connectivity index (χ2v) is 11.7. The molecule has 1 unspecified atom stereocenters. The Morgan fingerprint density at radius 1 is 0.710 bits per heavy atom. The standard InChI is InChI=1S/C25H53NO4P/c1-5-6-7-8-9-10-11-12-13-14-15-16-17-18-19-20-22-25(2,31(29)30)26(3,4)23-21-24(27)28/h24,27-28H,5-23H2,1-4H3/q+1. The Kier molecular flexibility index (Phi) is 18.1. The molecule has 0 saturated heterocycles. The molecule has 2 N–H and O–H groups in total. The molecule has 186 valence electrons. The average molecular weight is 463 g/mol. The van der Waals surface area contributed by atoms with Crippen molar-refractivity contribution in [3.63, 3.8) is 0 Å². The summed E-state index contributed by atoms with van der Waals surface area (Å²) >= 11 is 0. The molecule has 0 fully saturated rings. The summed E-state index contributed by atoms with van der Waals surface area (Å²) in [5, 5.41) is 17.4. The number of hydrogen-bond acceptors (Lipinski definition) is 4. The van der Waals surface area contributed by atoms with Crippen molar-refractivity contribution in [1.82, 2.24) is 0 Å². The van der Waals surface area contributed by atoms with Crippen LogP contribution in [0.3, 0.4) is 0 Å². The minimum absolute atomic E-state index is 0.185. The number of aliphatic hydroxyl groups excluding tert-OH is 1. The highest BCUT2D eigenvalue weighted by molar-refractivity contribution is 7.32. The largest absolute Gasteiger partial charge is 0.377 e. The van der Waals surface area contributed by atoms with Gasteiger partial charge in [0.2, 0.25) is 5.28 Å². The van der Waals surface area contributed by atoms with E-state index in [1.807, 2.05) is 14.1 Å². The first-order valence-electron chi connectivity index (χ1n) is 13.0. The lowest BCUT2D eigenvalue weighted by Crippen LogP contribution is -2.56. The van der Waals surface area contributed by atoms with Gasteiger partial charge in [0, 0.05) is 19.8 Å². The quantitative estimate of drug-likeness (QED) is 0.0766. The molecular weight excluding hydrogens is 409 g/mol. The van der Waals surface area contributed by atoms with Gasteiger partial charge in [-0.25, -0.2) is 9.13 Å². The maximum atomic E-state index is 12.0. The predicted octanol–water partition coefficient (Wildman–Crippen LogP) is 7.30. The molecule has 0 radical (unpaired) electrons. The average Bonchev–Trinajstić information content (AvgIpc) is 2.71. The van der Waals surface area contributed by atoms with Gasteiger partial charge in [0.1, 0.15) is 0 Å². The van der Waals surface area contributed by atoms with Crippen molar-refractivity contribution in [2.24, 2.45) is 0 Å². The Balaban J connectivity index is 3.77.